The topological polar surface area (TPSA) is 64.1 Å². The summed E-state index contributed by atoms with van der Waals surface area (Å²) in [5.74, 6) is 0.910. The van der Waals surface area contributed by atoms with Gasteiger partial charge in [0.15, 0.2) is 5.96 Å². The van der Waals surface area contributed by atoms with Crippen molar-refractivity contribution in [2.45, 2.75) is 69.8 Å². The Bertz CT molecular complexity index is 391. The SMILES string of the molecule is CCNC(=NCCCOCC1CCCO1)NC1CC2CCC1O2.I. The van der Waals surface area contributed by atoms with Gasteiger partial charge in [0.2, 0.25) is 0 Å². The Balaban J connectivity index is 0.00000208. The molecule has 3 saturated heterocycles. The number of fused-ring (bicyclic) bond motifs is 2. The lowest BCUT2D eigenvalue weighted by Crippen LogP contribution is -2.47. The van der Waals surface area contributed by atoms with Crippen molar-refractivity contribution in [1.82, 2.24) is 10.6 Å². The zero-order valence-corrected chi connectivity index (χ0v) is 17.0. The van der Waals surface area contributed by atoms with Crippen LogP contribution >= 0.6 is 24.0 Å². The summed E-state index contributed by atoms with van der Waals surface area (Å²) in [6, 6.07) is 0.419. The van der Waals surface area contributed by atoms with Crippen molar-refractivity contribution in [3.8, 4) is 0 Å². The molecule has 0 radical (unpaired) electrons. The van der Waals surface area contributed by atoms with E-state index in [2.05, 4.69) is 22.5 Å². The lowest BCUT2D eigenvalue weighted by Gasteiger charge is -2.22. The molecular weight excluding hydrogens is 421 g/mol. The number of aliphatic imine (C=N–C) groups is 1. The monoisotopic (exact) mass is 453 g/mol. The fourth-order valence-corrected chi connectivity index (χ4v) is 3.63. The largest absolute Gasteiger partial charge is 0.379 e. The van der Waals surface area contributed by atoms with Crippen molar-refractivity contribution in [2.24, 2.45) is 4.99 Å². The molecule has 0 aromatic heterocycles. The van der Waals surface area contributed by atoms with Gasteiger partial charge in [0.05, 0.1) is 31.0 Å². The van der Waals surface area contributed by atoms with Crippen LogP contribution in [0.5, 0.6) is 0 Å². The standard InChI is InChI=1S/C17H31N3O3.HI/c1-2-18-17(20-15-11-13-6-7-16(15)23-13)19-8-4-9-21-12-14-5-3-10-22-14;/h13-16H,2-12H2,1H3,(H2,18,19,20);1H. The third-order valence-electron chi connectivity index (χ3n) is 4.82. The van der Waals surface area contributed by atoms with Crippen molar-refractivity contribution in [2.75, 3.05) is 32.9 Å². The van der Waals surface area contributed by atoms with Crippen LogP contribution in [0.15, 0.2) is 4.99 Å². The molecule has 7 heteroatoms. The van der Waals surface area contributed by atoms with Gasteiger partial charge >= 0.3 is 0 Å². The van der Waals surface area contributed by atoms with Gasteiger partial charge in [-0.25, -0.2) is 0 Å². The zero-order chi connectivity index (χ0) is 15.9. The van der Waals surface area contributed by atoms with Crippen LogP contribution in [-0.4, -0.2) is 63.2 Å². The molecule has 0 amide bonds. The first-order valence-corrected chi connectivity index (χ1v) is 9.25. The summed E-state index contributed by atoms with van der Waals surface area (Å²) in [4.78, 5) is 4.66. The molecule has 0 aromatic rings. The first-order chi connectivity index (χ1) is 11.3. The number of hydrogen-bond donors (Lipinski definition) is 2. The summed E-state index contributed by atoms with van der Waals surface area (Å²) in [5, 5.41) is 6.86. The van der Waals surface area contributed by atoms with Crippen LogP contribution in [0.3, 0.4) is 0 Å². The van der Waals surface area contributed by atoms with Crippen LogP contribution in [0, 0.1) is 0 Å². The highest BCUT2D eigenvalue weighted by Gasteiger charge is 2.41. The Morgan fingerprint density at radius 3 is 2.88 bits per heavy atom. The molecule has 140 valence electrons. The van der Waals surface area contributed by atoms with Crippen LogP contribution in [0.1, 0.15) is 45.4 Å². The lowest BCUT2D eigenvalue weighted by atomic mass is 9.96. The molecular formula is C17H32IN3O3. The molecule has 3 fully saturated rings. The average Bonchev–Trinajstić information content (AvgIpc) is 3.28. The summed E-state index contributed by atoms with van der Waals surface area (Å²) in [5.41, 5.74) is 0. The van der Waals surface area contributed by atoms with Gasteiger partial charge in [-0.15, -0.1) is 24.0 Å². The Labute approximate surface area is 162 Å². The number of hydrogen-bond acceptors (Lipinski definition) is 4. The van der Waals surface area contributed by atoms with Crippen molar-refractivity contribution < 1.29 is 14.2 Å². The second-order valence-corrected chi connectivity index (χ2v) is 6.68. The number of guanidine groups is 1. The molecule has 3 heterocycles. The predicted molar refractivity (Wildman–Crippen MR) is 105 cm³/mol. The van der Waals surface area contributed by atoms with E-state index in [1.165, 1.54) is 19.3 Å². The molecule has 2 bridgehead atoms. The van der Waals surface area contributed by atoms with Crippen molar-refractivity contribution in [3.63, 3.8) is 0 Å². The van der Waals surface area contributed by atoms with Crippen LogP contribution in [0.2, 0.25) is 0 Å². The van der Waals surface area contributed by atoms with Gasteiger partial charge in [0.25, 0.3) is 0 Å². The van der Waals surface area contributed by atoms with E-state index in [9.17, 15) is 0 Å². The Morgan fingerprint density at radius 1 is 1.29 bits per heavy atom. The predicted octanol–water partition coefficient (Wildman–Crippen LogP) is 2.07. The van der Waals surface area contributed by atoms with Crippen LogP contribution in [-0.2, 0) is 14.2 Å². The van der Waals surface area contributed by atoms with Gasteiger partial charge in [0, 0.05) is 26.3 Å². The number of nitrogens with zero attached hydrogens (tertiary/aromatic N) is 1. The normalized spacial score (nSPS) is 32.0. The summed E-state index contributed by atoms with van der Waals surface area (Å²) >= 11 is 0. The van der Waals surface area contributed by atoms with E-state index in [4.69, 9.17) is 14.2 Å². The molecule has 0 spiro atoms. The van der Waals surface area contributed by atoms with E-state index < -0.39 is 0 Å². The Morgan fingerprint density at radius 2 is 2.21 bits per heavy atom. The first kappa shape index (κ1) is 20.2. The van der Waals surface area contributed by atoms with Gasteiger partial charge in [0.1, 0.15) is 0 Å². The summed E-state index contributed by atoms with van der Waals surface area (Å²) in [6.07, 6.45) is 7.91. The average molecular weight is 453 g/mol. The summed E-state index contributed by atoms with van der Waals surface area (Å²) < 4.78 is 17.1. The highest BCUT2D eigenvalue weighted by Crippen LogP contribution is 2.34. The van der Waals surface area contributed by atoms with Crippen molar-refractivity contribution >= 4 is 29.9 Å². The van der Waals surface area contributed by atoms with Crippen LogP contribution in [0.4, 0.5) is 0 Å². The van der Waals surface area contributed by atoms with E-state index in [0.29, 0.717) is 24.4 Å². The first-order valence-electron chi connectivity index (χ1n) is 9.25. The quantitative estimate of drug-likeness (QED) is 0.255. The fraction of sp³-hybridized carbons (Fsp3) is 0.941. The molecule has 2 N–H and O–H groups in total. The van der Waals surface area contributed by atoms with Crippen LogP contribution < -0.4 is 10.6 Å². The minimum atomic E-state index is 0. The smallest absolute Gasteiger partial charge is 0.191 e. The molecule has 0 saturated carbocycles. The van der Waals surface area contributed by atoms with Crippen LogP contribution in [0.25, 0.3) is 0 Å². The Kier molecular flexibility index (Phi) is 9.07. The van der Waals surface area contributed by atoms with Crippen molar-refractivity contribution in [3.05, 3.63) is 0 Å². The number of nitrogens with one attached hydrogen (secondary N) is 2. The minimum Gasteiger partial charge on any atom is -0.379 e. The Hall–Kier alpha value is -0.120. The molecule has 4 atom stereocenters. The van der Waals surface area contributed by atoms with Gasteiger partial charge in [-0.2, -0.15) is 0 Å². The van der Waals surface area contributed by atoms with E-state index in [-0.39, 0.29) is 24.0 Å². The second kappa shape index (κ2) is 10.8. The molecule has 0 aliphatic carbocycles. The molecule has 4 unspecified atom stereocenters. The maximum absolute atomic E-state index is 5.89. The number of halogens is 1. The second-order valence-electron chi connectivity index (χ2n) is 6.68. The van der Waals surface area contributed by atoms with Crippen molar-refractivity contribution in [1.29, 1.82) is 0 Å². The van der Waals surface area contributed by atoms with E-state index in [0.717, 1.165) is 58.1 Å². The molecule has 0 aromatic carbocycles. The maximum Gasteiger partial charge on any atom is 0.191 e. The number of ether oxygens (including phenoxy) is 3. The highest BCUT2D eigenvalue weighted by atomic mass is 127. The minimum absolute atomic E-state index is 0. The maximum atomic E-state index is 5.89. The molecule has 3 aliphatic heterocycles. The third-order valence-corrected chi connectivity index (χ3v) is 4.82. The number of rotatable bonds is 8. The molecule has 3 aliphatic rings. The molecule has 6 nitrogen and oxygen atoms in total. The highest BCUT2D eigenvalue weighted by molar-refractivity contribution is 14.0. The fourth-order valence-electron chi connectivity index (χ4n) is 3.63. The van der Waals surface area contributed by atoms with E-state index in [1.54, 1.807) is 0 Å². The summed E-state index contributed by atoms with van der Waals surface area (Å²) in [6.45, 7) is 6.12. The third kappa shape index (κ3) is 6.00. The summed E-state index contributed by atoms with van der Waals surface area (Å²) in [7, 11) is 0. The lowest BCUT2D eigenvalue weighted by molar-refractivity contribution is 0.0171. The van der Waals surface area contributed by atoms with E-state index in [1.807, 2.05) is 0 Å². The van der Waals surface area contributed by atoms with E-state index >= 15 is 0 Å². The van der Waals surface area contributed by atoms with Gasteiger partial charge in [-0.1, -0.05) is 0 Å². The van der Waals surface area contributed by atoms with Gasteiger partial charge in [-0.05, 0) is 45.4 Å². The van der Waals surface area contributed by atoms with Gasteiger partial charge in [-0.3, -0.25) is 4.99 Å². The zero-order valence-electron chi connectivity index (χ0n) is 14.7. The van der Waals surface area contributed by atoms with Gasteiger partial charge < -0.3 is 24.8 Å². The molecule has 3 rings (SSSR count). The molecule has 24 heavy (non-hydrogen) atoms.